The van der Waals surface area contributed by atoms with E-state index in [1.165, 1.54) is 19.3 Å². The molecule has 0 bridgehead atoms. The van der Waals surface area contributed by atoms with E-state index in [1.807, 2.05) is 0 Å². The van der Waals surface area contributed by atoms with Crippen LogP contribution in [0.5, 0.6) is 5.75 Å². The largest absolute Gasteiger partial charge is 0.495 e. The molecular weight excluding hydrogens is 423 g/mol. The highest BCUT2D eigenvalue weighted by Crippen LogP contribution is 2.33. The number of methoxy groups -OCH3 is 1. The van der Waals surface area contributed by atoms with Crippen LogP contribution < -0.4 is 10.1 Å². The predicted molar refractivity (Wildman–Crippen MR) is 111 cm³/mol. The number of hydrogen-bond acceptors (Lipinski definition) is 5. The molecule has 0 atom stereocenters. The molecule has 1 saturated heterocycles. The number of amides is 3. The van der Waals surface area contributed by atoms with Crippen molar-refractivity contribution >= 4 is 63.8 Å². The van der Waals surface area contributed by atoms with Gasteiger partial charge in [0.2, 0.25) is 5.91 Å². The van der Waals surface area contributed by atoms with Gasteiger partial charge in [0, 0.05) is 10.7 Å². The van der Waals surface area contributed by atoms with Gasteiger partial charge >= 0.3 is 0 Å². The molecule has 3 amide bonds. The Morgan fingerprint density at radius 2 is 1.93 bits per heavy atom. The van der Waals surface area contributed by atoms with Crippen molar-refractivity contribution in [1.29, 1.82) is 0 Å². The summed E-state index contributed by atoms with van der Waals surface area (Å²) in [6.07, 6.45) is 1.54. The summed E-state index contributed by atoms with van der Waals surface area (Å²) in [5, 5.41) is 2.87. The highest BCUT2D eigenvalue weighted by atomic mass is 35.5. The number of nitrogens with zero attached hydrogens (tertiary/aromatic N) is 1. The molecule has 2 aromatic rings. The first kappa shape index (κ1) is 20.3. The van der Waals surface area contributed by atoms with Crippen molar-refractivity contribution in [3.63, 3.8) is 0 Å². The van der Waals surface area contributed by atoms with E-state index in [0.29, 0.717) is 27.0 Å². The van der Waals surface area contributed by atoms with Crippen LogP contribution in [0, 0.1) is 0 Å². The zero-order valence-corrected chi connectivity index (χ0v) is 16.9. The molecule has 0 saturated carbocycles. The minimum Gasteiger partial charge on any atom is -0.495 e. The average Bonchev–Trinajstić information content (AvgIpc) is 2.91. The standard InChI is InChI=1S/C19H14Cl2N2O4S/c1-27-15-7-6-12(9-14(15)21)22-17(24)10-23-18(25)16(28-19(23)26)8-11-4-2-3-5-13(11)20/h2-9H,10H2,1H3,(H,22,24). The lowest BCUT2D eigenvalue weighted by Gasteiger charge is -2.13. The lowest BCUT2D eigenvalue weighted by molar-refractivity contribution is -0.127. The molecule has 0 aliphatic carbocycles. The van der Waals surface area contributed by atoms with Crippen molar-refractivity contribution in [1.82, 2.24) is 4.90 Å². The molecule has 1 heterocycles. The summed E-state index contributed by atoms with van der Waals surface area (Å²) in [6, 6.07) is 11.7. The van der Waals surface area contributed by atoms with Gasteiger partial charge in [0.25, 0.3) is 11.1 Å². The number of ether oxygens (including phenoxy) is 1. The first-order valence-corrected chi connectivity index (χ1v) is 9.59. The van der Waals surface area contributed by atoms with Gasteiger partial charge in [0.1, 0.15) is 12.3 Å². The molecule has 28 heavy (non-hydrogen) atoms. The van der Waals surface area contributed by atoms with E-state index in [1.54, 1.807) is 36.4 Å². The topological polar surface area (TPSA) is 75.7 Å². The van der Waals surface area contributed by atoms with Crippen LogP contribution in [0.25, 0.3) is 6.08 Å². The minimum atomic E-state index is -0.544. The number of carbonyl (C=O) groups excluding carboxylic acids is 3. The maximum absolute atomic E-state index is 12.5. The summed E-state index contributed by atoms with van der Waals surface area (Å²) in [5.74, 6) is -0.601. The van der Waals surface area contributed by atoms with E-state index < -0.39 is 23.6 Å². The van der Waals surface area contributed by atoms with Gasteiger partial charge in [-0.05, 0) is 47.7 Å². The molecule has 0 aromatic heterocycles. The van der Waals surface area contributed by atoms with Crippen LogP contribution in [0.2, 0.25) is 10.0 Å². The van der Waals surface area contributed by atoms with Gasteiger partial charge in [0.15, 0.2) is 0 Å². The molecular formula is C19H14Cl2N2O4S. The molecule has 2 aromatic carbocycles. The fraction of sp³-hybridized carbons (Fsp3) is 0.105. The number of halogens is 2. The van der Waals surface area contributed by atoms with Crippen molar-refractivity contribution in [2.24, 2.45) is 0 Å². The highest BCUT2D eigenvalue weighted by Gasteiger charge is 2.36. The molecule has 6 nitrogen and oxygen atoms in total. The first-order valence-electron chi connectivity index (χ1n) is 8.02. The van der Waals surface area contributed by atoms with Gasteiger partial charge in [-0.3, -0.25) is 19.3 Å². The zero-order valence-electron chi connectivity index (χ0n) is 14.6. The third-order valence-electron chi connectivity index (χ3n) is 3.80. The molecule has 1 fully saturated rings. The summed E-state index contributed by atoms with van der Waals surface area (Å²) in [7, 11) is 1.48. The summed E-state index contributed by atoms with van der Waals surface area (Å²) >= 11 is 12.9. The van der Waals surface area contributed by atoms with Crippen LogP contribution in [0.3, 0.4) is 0 Å². The number of anilines is 1. The second kappa shape index (κ2) is 8.68. The fourth-order valence-corrected chi connectivity index (χ4v) is 3.74. The molecule has 0 radical (unpaired) electrons. The number of nitrogens with one attached hydrogen (secondary N) is 1. The maximum atomic E-state index is 12.5. The Morgan fingerprint density at radius 1 is 1.18 bits per heavy atom. The van der Waals surface area contributed by atoms with E-state index in [4.69, 9.17) is 27.9 Å². The van der Waals surface area contributed by atoms with Gasteiger partial charge < -0.3 is 10.1 Å². The summed E-state index contributed by atoms with van der Waals surface area (Å²) < 4.78 is 5.05. The van der Waals surface area contributed by atoms with Crippen LogP contribution in [0.1, 0.15) is 5.56 Å². The summed E-state index contributed by atoms with van der Waals surface area (Å²) in [6.45, 7) is -0.409. The maximum Gasteiger partial charge on any atom is 0.294 e. The average molecular weight is 437 g/mol. The van der Waals surface area contributed by atoms with Crippen molar-refractivity contribution in [2.75, 3.05) is 19.0 Å². The Hall–Kier alpha value is -2.48. The van der Waals surface area contributed by atoms with Crippen LogP contribution in [0.15, 0.2) is 47.4 Å². The van der Waals surface area contributed by atoms with Gasteiger partial charge in [0.05, 0.1) is 17.0 Å². The molecule has 144 valence electrons. The van der Waals surface area contributed by atoms with E-state index in [0.717, 1.165) is 16.7 Å². The third-order valence-corrected chi connectivity index (χ3v) is 5.35. The molecule has 9 heteroatoms. The first-order chi connectivity index (χ1) is 13.4. The molecule has 1 N–H and O–H groups in total. The van der Waals surface area contributed by atoms with Crippen molar-refractivity contribution < 1.29 is 19.1 Å². The number of thioether (sulfide) groups is 1. The van der Waals surface area contributed by atoms with E-state index in [9.17, 15) is 14.4 Å². The molecule has 1 aliphatic rings. The Balaban J connectivity index is 1.69. The van der Waals surface area contributed by atoms with E-state index in [2.05, 4.69) is 5.32 Å². The molecule has 3 rings (SSSR count). The normalized spacial score (nSPS) is 15.2. The van der Waals surface area contributed by atoms with Crippen LogP contribution >= 0.6 is 35.0 Å². The Labute approximate surface area is 175 Å². The highest BCUT2D eigenvalue weighted by molar-refractivity contribution is 8.18. The minimum absolute atomic E-state index is 0.207. The monoisotopic (exact) mass is 436 g/mol. The van der Waals surface area contributed by atoms with Crippen molar-refractivity contribution in [3.8, 4) is 5.75 Å². The number of benzene rings is 2. The van der Waals surface area contributed by atoms with Gasteiger partial charge in [-0.15, -0.1) is 0 Å². The number of imide groups is 1. The lowest BCUT2D eigenvalue weighted by Crippen LogP contribution is -2.36. The smallest absolute Gasteiger partial charge is 0.294 e. The SMILES string of the molecule is COc1ccc(NC(=O)CN2C(=O)SC(=Cc3ccccc3Cl)C2=O)cc1Cl. The van der Waals surface area contributed by atoms with Gasteiger partial charge in [-0.25, -0.2) is 0 Å². The van der Waals surface area contributed by atoms with Crippen LogP contribution in [-0.4, -0.2) is 35.6 Å². The molecule has 1 aliphatic heterocycles. The Bertz CT molecular complexity index is 994. The Kier molecular flexibility index (Phi) is 6.28. The Morgan fingerprint density at radius 3 is 2.61 bits per heavy atom. The van der Waals surface area contributed by atoms with Gasteiger partial charge in [-0.1, -0.05) is 41.4 Å². The molecule has 0 unspecified atom stereocenters. The lowest BCUT2D eigenvalue weighted by atomic mass is 10.2. The second-order valence-corrected chi connectivity index (χ2v) is 7.49. The van der Waals surface area contributed by atoms with Crippen molar-refractivity contribution in [2.45, 2.75) is 0 Å². The quantitative estimate of drug-likeness (QED) is 0.688. The third kappa shape index (κ3) is 4.49. The number of carbonyl (C=O) groups is 3. The second-order valence-electron chi connectivity index (χ2n) is 5.69. The van der Waals surface area contributed by atoms with Crippen LogP contribution in [0.4, 0.5) is 10.5 Å². The zero-order chi connectivity index (χ0) is 20.3. The fourth-order valence-electron chi connectivity index (χ4n) is 2.46. The van der Waals surface area contributed by atoms with E-state index in [-0.39, 0.29) is 4.91 Å². The van der Waals surface area contributed by atoms with Crippen LogP contribution in [-0.2, 0) is 9.59 Å². The van der Waals surface area contributed by atoms with Gasteiger partial charge in [-0.2, -0.15) is 0 Å². The number of hydrogen-bond donors (Lipinski definition) is 1. The number of rotatable bonds is 5. The van der Waals surface area contributed by atoms with Crippen molar-refractivity contribution in [3.05, 3.63) is 63.0 Å². The van der Waals surface area contributed by atoms with E-state index >= 15 is 0 Å². The molecule has 0 spiro atoms. The summed E-state index contributed by atoms with van der Waals surface area (Å²) in [5.41, 5.74) is 1.04. The summed E-state index contributed by atoms with van der Waals surface area (Å²) in [4.78, 5) is 38.0. The predicted octanol–water partition coefficient (Wildman–Crippen LogP) is 4.68.